The van der Waals surface area contributed by atoms with E-state index in [-0.39, 0.29) is 55.9 Å². The lowest BCUT2D eigenvalue weighted by molar-refractivity contribution is 0.114. The standard InChI is InChI=1S/C20H21ClN5O7P/c1-13-30-9-16(33-13)10-32-34(28,31-8-14-3-2-4-15(21)7-14)12-29-6-5-26-11-23-17-18(26)24-20(22)25-19(17)27/h2-4,7,9,11H,1,5-6,8,10,12H2,(H3,22,24,25,27). The van der Waals surface area contributed by atoms with E-state index in [0.717, 1.165) is 0 Å². The minimum Gasteiger partial charge on any atom is -0.431 e. The second-order valence-corrected chi connectivity index (χ2v) is 9.50. The first kappa shape index (κ1) is 24.0. The number of H-pyrrole nitrogens is 1. The molecule has 12 nitrogen and oxygen atoms in total. The average Bonchev–Trinajstić information content (AvgIpc) is 3.40. The Morgan fingerprint density at radius 3 is 2.88 bits per heavy atom. The summed E-state index contributed by atoms with van der Waals surface area (Å²) in [4.78, 5) is 22.4. The molecular formula is C20H21ClN5O7P. The molecule has 0 aliphatic carbocycles. The second-order valence-electron chi connectivity index (χ2n) is 7.06. The summed E-state index contributed by atoms with van der Waals surface area (Å²) in [7, 11) is -3.73. The van der Waals surface area contributed by atoms with E-state index in [4.69, 9.17) is 40.6 Å². The summed E-state index contributed by atoms with van der Waals surface area (Å²) < 4.78 is 41.8. The van der Waals surface area contributed by atoms with Crippen molar-refractivity contribution in [2.45, 2.75) is 13.2 Å². The Morgan fingerprint density at radius 1 is 1.29 bits per heavy atom. The molecule has 0 saturated heterocycles. The molecule has 3 heterocycles. The number of nitrogens with one attached hydrogen (secondary N) is 1. The lowest BCUT2D eigenvalue weighted by Crippen LogP contribution is -2.13. The fraction of sp³-hybridized carbons (Fsp3) is 0.250. The molecule has 1 aliphatic rings. The van der Waals surface area contributed by atoms with E-state index < -0.39 is 13.2 Å². The number of ether oxygens (including phenoxy) is 3. The van der Waals surface area contributed by atoms with Crippen LogP contribution in [0.3, 0.4) is 0 Å². The average molecular weight is 510 g/mol. The third-order valence-corrected chi connectivity index (χ3v) is 6.29. The monoisotopic (exact) mass is 509 g/mol. The Kier molecular flexibility index (Phi) is 7.35. The number of aromatic nitrogens is 4. The predicted octanol–water partition coefficient (Wildman–Crippen LogP) is 3.12. The molecule has 1 atom stereocenters. The maximum absolute atomic E-state index is 13.3. The van der Waals surface area contributed by atoms with Gasteiger partial charge in [0.2, 0.25) is 5.95 Å². The van der Waals surface area contributed by atoms with Crippen molar-refractivity contribution in [3.05, 3.63) is 76.1 Å². The quantitative estimate of drug-likeness (QED) is 0.291. The molecule has 34 heavy (non-hydrogen) atoms. The van der Waals surface area contributed by atoms with Crippen molar-refractivity contribution in [1.29, 1.82) is 0 Å². The second kappa shape index (κ2) is 10.4. The van der Waals surface area contributed by atoms with E-state index in [0.29, 0.717) is 16.2 Å². The molecule has 4 rings (SSSR count). The van der Waals surface area contributed by atoms with Crippen LogP contribution in [0.5, 0.6) is 0 Å². The van der Waals surface area contributed by atoms with Crippen molar-refractivity contribution >= 4 is 36.3 Å². The highest BCUT2D eigenvalue weighted by molar-refractivity contribution is 7.53. The van der Waals surface area contributed by atoms with Crippen LogP contribution in [-0.4, -0.2) is 39.1 Å². The summed E-state index contributed by atoms with van der Waals surface area (Å²) in [6, 6.07) is 6.95. The molecule has 1 aliphatic heterocycles. The number of halogens is 1. The van der Waals surface area contributed by atoms with E-state index in [9.17, 15) is 9.36 Å². The van der Waals surface area contributed by atoms with Crippen molar-refractivity contribution in [2.75, 3.05) is 25.3 Å². The van der Waals surface area contributed by atoms with Gasteiger partial charge in [-0.05, 0) is 24.3 Å². The topological polar surface area (TPSA) is 153 Å². The summed E-state index contributed by atoms with van der Waals surface area (Å²) in [5, 5.41) is 0.522. The molecule has 1 unspecified atom stereocenters. The van der Waals surface area contributed by atoms with Gasteiger partial charge in [-0.25, -0.2) is 4.98 Å². The van der Waals surface area contributed by atoms with Gasteiger partial charge < -0.3 is 29.0 Å². The van der Waals surface area contributed by atoms with Gasteiger partial charge in [0, 0.05) is 11.6 Å². The van der Waals surface area contributed by atoms with Crippen LogP contribution in [0.15, 0.2) is 59.9 Å². The molecule has 0 amide bonds. The van der Waals surface area contributed by atoms with Gasteiger partial charge in [0.1, 0.15) is 19.2 Å². The SMILES string of the molecule is C=C1OC=C(COP(=O)(COCCn2cnc3c(=O)[nH]c(N)nc32)OCc2cccc(Cl)c2)O1. The summed E-state index contributed by atoms with van der Waals surface area (Å²) in [6.07, 6.45) is 2.40. The van der Waals surface area contributed by atoms with Gasteiger partial charge in [-0.1, -0.05) is 23.7 Å². The molecule has 0 saturated carbocycles. The van der Waals surface area contributed by atoms with Gasteiger partial charge in [-0.3, -0.25) is 18.9 Å². The number of benzene rings is 1. The van der Waals surface area contributed by atoms with Crippen molar-refractivity contribution in [2.24, 2.45) is 0 Å². The number of hydrogen-bond acceptors (Lipinski definition) is 10. The van der Waals surface area contributed by atoms with Gasteiger partial charge >= 0.3 is 7.60 Å². The zero-order chi connectivity index (χ0) is 24.1. The maximum Gasteiger partial charge on any atom is 0.356 e. The van der Waals surface area contributed by atoms with E-state index in [1.165, 1.54) is 12.6 Å². The fourth-order valence-electron chi connectivity index (χ4n) is 2.94. The maximum atomic E-state index is 13.3. The molecule has 0 spiro atoms. The minimum atomic E-state index is -3.73. The molecule has 1 aromatic carbocycles. The van der Waals surface area contributed by atoms with Crippen LogP contribution in [0.4, 0.5) is 5.95 Å². The molecule has 180 valence electrons. The van der Waals surface area contributed by atoms with Crippen LogP contribution < -0.4 is 11.3 Å². The van der Waals surface area contributed by atoms with Crippen molar-refractivity contribution in [3.63, 3.8) is 0 Å². The number of imidazole rings is 1. The highest BCUT2D eigenvalue weighted by Crippen LogP contribution is 2.49. The van der Waals surface area contributed by atoms with Gasteiger partial charge in [0.15, 0.2) is 16.9 Å². The Hall–Kier alpha value is -3.15. The summed E-state index contributed by atoms with van der Waals surface area (Å²) in [6.45, 7) is 3.70. The van der Waals surface area contributed by atoms with Crippen molar-refractivity contribution in [1.82, 2.24) is 19.5 Å². The molecule has 0 bridgehead atoms. The van der Waals surface area contributed by atoms with Crippen LogP contribution >= 0.6 is 19.2 Å². The summed E-state index contributed by atoms with van der Waals surface area (Å²) in [5.74, 6) is 0.350. The molecule has 3 aromatic rings. The number of aromatic amines is 1. The fourth-order valence-corrected chi connectivity index (χ4v) is 4.40. The first-order chi connectivity index (χ1) is 16.3. The third-order valence-electron chi connectivity index (χ3n) is 4.51. The Morgan fingerprint density at radius 2 is 2.12 bits per heavy atom. The van der Waals surface area contributed by atoms with Crippen LogP contribution in [0.25, 0.3) is 11.2 Å². The Balaban J connectivity index is 1.37. The van der Waals surface area contributed by atoms with Gasteiger partial charge in [0.25, 0.3) is 11.5 Å². The highest BCUT2D eigenvalue weighted by Gasteiger charge is 2.27. The van der Waals surface area contributed by atoms with Crippen molar-refractivity contribution < 1.29 is 27.8 Å². The summed E-state index contributed by atoms with van der Waals surface area (Å²) in [5.41, 5.74) is 6.34. The smallest absolute Gasteiger partial charge is 0.356 e. The van der Waals surface area contributed by atoms with E-state index >= 15 is 0 Å². The largest absolute Gasteiger partial charge is 0.431 e. The van der Waals surface area contributed by atoms with Gasteiger partial charge in [0.05, 0.1) is 19.5 Å². The molecule has 0 fully saturated rings. The number of fused-ring (bicyclic) bond motifs is 1. The molecule has 14 heteroatoms. The lowest BCUT2D eigenvalue weighted by atomic mass is 10.2. The van der Waals surface area contributed by atoms with Gasteiger partial charge in [-0.15, -0.1) is 0 Å². The number of hydrogen-bond donors (Lipinski definition) is 2. The van der Waals surface area contributed by atoms with Gasteiger partial charge in [-0.2, -0.15) is 4.98 Å². The zero-order valence-corrected chi connectivity index (χ0v) is 19.5. The summed E-state index contributed by atoms with van der Waals surface area (Å²) >= 11 is 6.00. The first-order valence-electron chi connectivity index (χ1n) is 9.95. The minimum absolute atomic E-state index is 0.0115. The van der Waals surface area contributed by atoms with Crippen LogP contribution in [-0.2, 0) is 41.0 Å². The van der Waals surface area contributed by atoms with E-state index in [2.05, 4.69) is 21.5 Å². The van der Waals surface area contributed by atoms with E-state index in [1.807, 2.05) is 0 Å². The number of nitrogens with zero attached hydrogens (tertiary/aromatic N) is 3. The van der Waals surface area contributed by atoms with Crippen LogP contribution in [0.2, 0.25) is 5.02 Å². The molecule has 0 radical (unpaired) electrons. The molecule has 2 aromatic heterocycles. The van der Waals surface area contributed by atoms with Crippen molar-refractivity contribution in [3.8, 4) is 0 Å². The number of nitrogens with two attached hydrogens (primary N) is 1. The zero-order valence-electron chi connectivity index (χ0n) is 17.8. The number of anilines is 1. The normalized spacial score (nSPS) is 15.1. The van der Waals surface area contributed by atoms with Crippen LogP contribution in [0, 0.1) is 0 Å². The molecule has 3 N–H and O–H groups in total. The highest BCUT2D eigenvalue weighted by atomic mass is 35.5. The lowest BCUT2D eigenvalue weighted by Gasteiger charge is -2.19. The predicted molar refractivity (Wildman–Crippen MR) is 123 cm³/mol. The number of rotatable bonds is 11. The Labute approximate surface area is 198 Å². The van der Waals surface area contributed by atoms with E-state index in [1.54, 1.807) is 28.8 Å². The Bertz CT molecular complexity index is 1340. The van der Waals surface area contributed by atoms with Crippen LogP contribution in [0.1, 0.15) is 5.56 Å². The third kappa shape index (κ3) is 6.04. The number of nitrogen functional groups attached to an aromatic ring is 1. The molecular weight excluding hydrogens is 489 g/mol. The first-order valence-corrected chi connectivity index (χ1v) is 12.1.